The number of nitrogens with zero attached hydrogens (tertiary/aromatic N) is 2. The lowest BCUT2D eigenvalue weighted by Gasteiger charge is -2.37. The summed E-state index contributed by atoms with van der Waals surface area (Å²) in [6.45, 7) is 14.6. The second-order valence-corrected chi connectivity index (χ2v) is 23.4. The van der Waals surface area contributed by atoms with Gasteiger partial charge in [-0.25, -0.2) is 24.0 Å². The van der Waals surface area contributed by atoms with Crippen LogP contribution in [0.25, 0.3) is 0 Å². The lowest BCUT2D eigenvalue weighted by molar-refractivity contribution is -0.167. The third-order valence-corrected chi connectivity index (χ3v) is 15.7. The van der Waals surface area contributed by atoms with Crippen LogP contribution in [0.3, 0.4) is 0 Å². The van der Waals surface area contributed by atoms with Crippen molar-refractivity contribution in [2.75, 3.05) is 38.5 Å². The molecule has 1 unspecified atom stereocenters. The monoisotopic (exact) mass is 1090 g/mol. The molecule has 0 saturated carbocycles. The van der Waals surface area contributed by atoms with Gasteiger partial charge in [-0.1, -0.05) is 131 Å². The molecule has 2 heterocycles. The van der Waals surface area contributed by atoms with Gasteiger partial charge in [0.15, 0.2) is 17.4 Å². The summed E-state index contributed by atoms with van der Waals surface area (Å²) in [4.78, 5) is 59.2. The van der Waals surface area contributed by atoms with Gasteiger partial charge >= 0.3 is 25.5 Å². The van der Waals surface area contributed by atoms with E-state index in [1.165, 1.54) is 13.1 Å². The second-order valence-electron chi connectivity index (χ2n) is 20.5. The van der Waals surface area contributed by atoms with Gasteiger partial charge < -0.3 is 39.4 Å². The van der Waals surface area contributed by atoms with Crippen molar-refractivity contribution in [2.45, 2.75) is 116 Å². The molecule has 6 atom stereocenters. The first-order valence-corrected chi connectivity index (χ1v) is 27.6. The fraction of sp³-hybridized carbons (Fsp3) is 0.446. The van der Waals surface area contributed by atoms with Gasteiger partial charge in [-0.05, 0) is 92.6 Å². The molecule has 18 nitrogen and oxygen atoms in total. The number of aromatic nitrogens is 2. The number of hydrogen-bond acceptors (Lipinski definition) is 16. The van der Waals surface area contributed by atoms with Gasteiger partial charge in [0.25, 0.3) is 0 Å². The van der Waals surface area contributed by atoms with E-state index in [1.807, 2.05) is 130 Å². The summed E-state index contributed by atoms with van der Waals surface area (Å²) in [6, 6.07) is 34.0. The number of rotatable bonds is 24. The van der Waals surface area contributed by atoms with E-state index in [0.29, 0.717) is 17.9 Å². The molecule has 4 N–H and O–H groups in total. The van der Waals surface area contributed by atoms with Gasteiger partial charge in [0.1, 0.15) is 46.2 Å². The van der Waals surface area contributed by atoms with Crippen LogP contribution < -0.4 is 30.9 Å². The van der Waals surface area contributed by atoms with Gasteiger partial charge in [-0.3, -0.25) is 18.4 Å². The highest BCUT2D eigenvalue weighted by molar-refractivity contribution is 8.13. The predicted octanol–water partition coefficient (Wildman–Crippen LogP) is 9.40. The van der Waals surface area contributed by atoms with Gasteiger partial charge in [-0.15, -0.1) is 0 Å². The summed E-state index contributed by atoms with van der Waals surface area (Å²) in [5.74, 6) is 0.0768. The number of benzene rings is 4. The van der Waals surface area contributed by atoms with E-state index in [9.17, 15) is 28.8 Å². The zero-order valence-electron chi connectivity index (χ0n) is 45.1. The molecule has 4 aromatic carbocycles. The number of carbonyl (C=O) groups excluding carboxylic acids is 3. The number of anilines is 1. The SMILES string of the molecule is CCC(C)(C)C(=O)SCCOP(=O)(NCc1ccccc1)OC[C@H]1O[C@@H](n2ccc(NC(c3ccccc3)(c3ccc(OC)cc3)c3ccc(OC)cc3)nc2=O)[C@](C)(O)[C@@H]1OC(=O)[C@@H](NC(=O)OC(C)(C)C)C(C)C. The normalized spacial score (nSPS) is 19.0. The van der Waals surface area contributed by atoms with Crippen LogP contribution in [-0.4, -0.2) is 94.5 Å². The molecule has 1 saturated heterocycles. The van der Waals surface area contributed by atoms with Gasteiger partial charge in [0.05, 0.1) is 27.4 Å². The Morgan fingerprint density at radius 1 is 0.842 bits per heavy atom. The van der Waals surface area contributed by atoms with Crippen molar-refractivity contribution in [3.8, 4) is 11.5 Å². The zero-order valence-corrected chi connectivity index (χ0v) is 46.8. The van der Waals surface area contributed by atoms with Crippen molar-refractivity contribution >= 4 is 42.5 Å². The first kappa shape index (κ1) is 59.2. The Kier molecular flexibility index (Phi) is 19.8. The van der Waals surface area contributed by atoms with Crippen molar-refractivity contribution in [1.29, 1.82) is 0 Å². The lowest BCUT2D eigenvalue weighted by Crippen LogP contribution is -2.53. The molecule has 0 aliphatic carbocycles. The summed E-state index contributed by atoms with van der Waals surface area (Å²) in [5.41, 5.74) is -2.60. The average Bonchev–Trinajstić information content (AvgIpc) is 3.64. The van der Waals surface area contributed by atoms with Crippen molar-refractivity contribution in [1.82, 2.24) is 20.0 Å². The molecule has 1 aromatic heterocycles. The number of amides is 1. The van der Waals surface area contributed by atoms with Crippen molar-refractivity contribution < 1.29 is 56.8 Å². The average molecular weight is 1090 g/mol. The molecule has 5 aromatic rings. The summed E-state index contributed by atoms with van der Waals surface area (Å²) in [7, 11) is -1.12. The molecule has 0 radical (unpaired) electrons. The van der Waals surface area contributed by atoms with Crippen LogP contribution in [0.1, 0.15) is 97.2 Å². The summed E-state index contributed by atoms with van der Waals surface area (Å²) >= 11 is 1.05. The molecule has 1 aliphatic rings. The number of hydrogen-bond donors (Lipinski definition) is 4. The molecule has 410 valence electrons. The Bertz CT molecular complexity index is 2780. The van der Waals surface area contributed by atoms with Gasteiger partial charge in [0, 0.05) is 23.9 Å². The highest BCUT2D eigenvalue weighted by Crippen LogP contribution is 2.48. The number of aliphatic hydroxyl groups is 1. The number of thioether (sulfide) groups is 1. The maximum atomic E-state index is 14.7. The molecular weight excluding hydrogens is 1010 g/mol. The smallest absolute Gasteiger partial charge is 0.408 e. The van der Waals surface area contributed by atoms with Crippen LogP contribution in [0.5, 0.6) is 11.5 Å². The fourth-order valence-corrected chi connectivity index (χ4v) is 10.7. The van der Waals surface area contributed by atoms with Crippen molar-refractivity contribution in [3.63, 3.8) is 0 Å². The minimum atomic E-state index is -4.29. The number of esters is 1. The van der Waals surface area contributed by atoms with Crippen LogP contribution in [0.2, 0.25) is 0 Å². The lowest BCUT2D eigenvalue weighted by atomic mass is 9.77. The minimum absolute atomic E-state index is 0.0493. The van der Waals surface area contributed by atoms with E-state index in [1.54, 1.807) is 54.9 Å². The molecule has 20 heteroatoms. The first-order valence-electron chi connectivity index (χ1n) is 25.1. The molecule has 6 rings (SSSR count). The standard InChI is InChI=1S/C56H72N5O13PS/c1-12-54(7,8)50(63)76-34-33-70-75(67,57-35-38-19-15-13-16-20-38)71-36-44-47(73-48(62)46(37(2)3)59-52(65)74-53(4,5)6)55(9,66)49(72-44)61-32-31-45(58-51(61)64)60-56(39-21-17-14-18-22-39,40-23-27-42(68-10)28-24-40)41-25-29-43(69-11)30-26-41/h13-32,37,44,46-47,49,66H,12,33-36H2,1-11H3,(H,57,67)(H,59,65)(H,58,60,64)/t44-,46+,47-,49-,55-,75?/m1/s1. The Labute approximate surface area is 449 Å². The van der Waals surface area contributed by atoms with E-state index in [0.717, 1.165) is 38.6 Å². The van der Waals surface area contributed by atoms with Crippen LogP contribution in [0.4, 0.5) is 10.6 Å². The minimum Gasteiger partial charge on any atom is -0.497 e. The summed E-state index contributed by atoms with van der Waals surface area (Å²) in [5, 5.41) is 21.6. The Hall–Kier alpha value is -6.05. The third-order valence-electron chi connectivity index (χ3n) is 12.9. The van der Waals surface area contributed by atoms with E-state index < -0.39 is 84.7 Å². The highest BCUT2D eigenvalue weighted by Gasteiger charge is 2.57. The number of ether oxygens (including phenoxy) is 5. The highest BCUT2D eigenvalue weighted by atomic mass is 32.2. The maximum Gasteiger partial charge on any atom is 0.408 e. The molecule has 1 fully saturated rings. The Morgan fingerprint density at radius 2 is 1.41 bits per heavy atom. The van der Waals surface area contributed by atoms with Gasteiger partial charge in [0.2, 0.25) is 0 Å². The molecule has 1 amide bonds. The van der Waals surface area contributed by atoms with Crippen LogP contribution >= 0.6 is 19.5 Å². The molecule has 76 heavy (non-hydrogen) atoms. The number of nitrogens with one attached hydrogen (secondary N) is 3. The topological polar surface area (TPSA) is 224 Å². The van der Waals surface area contributed by atoms with Crippen LogP contribution in [0, 0.1) is 11.3 Å². The third kappa shape index (κ3) is 14.7. The van der Waals surface area contributed by atoms with E-state index in [-0.39, 0.29) is 29.8 Å². The number of carbonyl (C=O) groups is 3. The van der Waals surface area contributed by atoms with Crippen LogP contribution in [-0.2, 0) is 49.5 Å². The Balaban J connectivity index is 1.37. The second kappa shape index (κ2) is 25.4. The van der Waals surface area contributed by atoms with Gasteiger partial charge in [-0.2, -0.15) is 4.98 Å². The van der Waals surface area contributed by atoms with Crippen LogP contribution in [0.15, 0.2) is 126 Å². The zero-order chi connectivity index (χ0) is 55.5. The molecule has 1 aliphatic heterocycles. The van der Waals surface area contributed by atoms with E-state index >= 15 is 0 Å². The van der Waals surface area contributed by atoms with Crippen molar-refractivity contribution in [2.24, 2.45) is 11.3 Å². The number of alkyl carbamates (subject to hydrolysis) is 1. The fourth-order valence-electron chi connectivity index (χ4n) is 8.35. The predicted molar refractivity (Wildman–Crippen MR) is 291 cm³/mol. The maximum absolute atomic E-state index is 14.7. The Morgan fingerprint density at radius 3 is 1.93 bits per heavy atom. The molecule has 0 spiro atoms. The summed E-state index contributed by atoms with van der Waals surface area (Å²) in [6.07, 6.45) is -3.49. The summed E-state index contributed by atoms with van der Waals surface area (Å²) < 4.78 is 56.7. The number of methoxy groups -OCH3 is 2. The largest absolute Gasteiger partial charge is 0.497 e. The van der Waals surface area contributed by atoms with E-state index in [2.05, 4.69) is 20.7 Å². The molecular formula is C56H72N5O13PS. The quantitative estimate of drug-likeness (QED) is 0.0195. The van der Waals surface area contributed by atoms with E-state index in [4.69, 9.17) is 32.7 Å². The van der Waals surface area contributed by atoms with Crippen molar-refractivity contribution in [3.05, 3.63) is 154 Å². The molecule has 0 bridgehead atoms. The first-order chi connectivity index (χ1) is 35.9.